The molecule has 29 heavy (non-hydrogen) atoms. The molecule has 2 unspecified atom stereocenters. The Morgan fingerprint density at radius 1 is 1.00 bits per heavy atom. The summed E-state index contributed by atoms with van der Waals surface area (Å²) in [5, 5.41) is 11.5. The van der Waals surface area contributed by atoms with Gasteiger partial charge in [-0.25, -0.2) is 4.79 Å². The maximum atomic E-state index is 12.9. The molecule has 5 nitrogen and oxygen atoms in total. The molecule has 1 N–H and O–H groups in total. The standard InChI is InChI=1S/C18H18F6N2O3/c1-9(2)16(4,8-25)26-14(27)10(3)29-15(28)11-5-12(17(19,20)21)7-13(6-11)18(22,23)24/h5-7,9-10H,1-4H3,(H,26,27). The Bertz CT molecular complexity index is 794. The van der Waals surface area contributed by atoms with Crippen LogP contribution in [-0.4, -0.2) is 23.5 Å². The molecule has 0 fully saturated rings. The molecule has 0 bridgehead atoms. The molecule has 0 saturated heterocycles. The molecule has 0 radical (unpaired) electrons. The third-order valence-corrected chi connectivity index (χ3v) is 4.25. The summed E-state index contributed by atoms with van der Waals surface area (Å²) in [7, 11) is 0. The van der Waals surface area contributed by atoms with Crippen LogP contribution in [0.4, 0.5) is 26.3 Å². The number of benzene rings is 1. The number of hydrogen-bond acceptors (Lipinski definition) is 4. The number of halogens is 6. The zero-order chi connectivity index (χ0) is 22.8. The molecule has 0 aliphatic carbocycles. The van der Waals surface area contributed by atoms with Gasteiger partial charge in [0, 0.05) is 0 Å². The number of carbonyl (C=O) groups excluding carboxylic acids is 2. The Hall–Kier alpha value is -2.77. The number of nitrogens with one attached hydrogen (secondary N) is 1. The SMILES string of the molecule is CC(OC(=O)c1cc(C(F)(F)F)cc(C(F)(F)F)c1)C(=O)NC(C)(C#N)C(C)C. The molecule has 160 valence electrons. The first-order valence-corrected chi connectivity index (χ1v) is 8.25. The molecule has 1 aromatic rings. The molecular formula is C18H18F6N2O3. The van der Waals surface area contributed by atoms with Gasteiger partial charge in [0.05, 0.1) is 22.8 Å². The van der Waals surface area contributed by atoms with E-state index in [1.165, 1.54) is 6.92 Å². The van der Waals surface area contributed by atoms with Crippen molar-refractivity contribution in [3.63, 3.8) is 0 Å². The largest absolute Gasteiger partial charge is 0.449 e. The molecule has 1 aromatic carbocycles. The molecular weight excluding hydrogens is 406 g/mol. The third-order valence-electron chi connectivity index (χ3n) is 4.25. The van der Waals surface area contributed by atoms with Crippen LogP contribution >= 0.6 is 0 Å². The summed E-state index contributed by atoms with van der Waals surface area (Å²) in [6, 6.07) is 2.15. The molecule has 2 atom stereocenters. The van der Waals surface area contributed by atoms with E-state index in [0.717, 1.165) is 6.92 Å². The van der Waals surface area contributed by atoms with E-state index < -0.39 is 52.6 Å². The fourth-order valence-corrected chi connectivity index (χ4v) is 2.01. The van der Waals surface area contributed by atoms with Crippen LogP contribution in [0.2, 0.25) is 0 Å². The molecule has 11 heteroatoms. The fraction of sp³-hybridized carbons (Fsp3) is 0.500. The van der Waals surface area contributed by atoms with Crippen molar-refractivity contribution in [3.8, 4) is 6.07 Å². The highest BCUT2D eigenvalue weighted by molar-refractivity contribution is 5.92. The van der Waals surface area contributed by atoms with Gasteiger partial charge in [-0.05, 0) is 38.0 Å². The summed E-state index contributed by atoms with van der Waals surface area (Å²) in [6.07, 6.45) is -11.8. The smallest absolute Gasteiger partial charge is 0.416 e. The van der Waals surface area contributed by atoms with E-state index >= 15 is 0 Å². The number of ether oxygens (including phenoxy) is 1. The van der Waals surface area contributed by atoms with Gasteiger partial charge >= 0.3 is 18.3 Å². The van der Waals surface area contributed by atoms with Crippen molar-refractivity contribution in [2.75, 3.05) is 0 Å². The van der Waals surface area contributed by atoms with Crippen LogP contribution in [0.5, 0.6) is 0 Å². The number of rotatable bonds is 5. The van der Waals surface area contributed by atoms with Gasteiger partial charge in [-0.3, -0.25) is 4.79 Å². The van der Waals surface area contributed by atoms with E-state index in [1.807, 2.05) is 6.07 Å². The highest BCUT2D eigenvalue weighted by Gasteiger charge is 2.38. The van der Waals surface area contributed by atoms with Crippen LogP contribution in [0.15, 0.2) is 18.2 Å². The Morgan fingerprint density at radius 3 is 1.79 bits per heavy atom. The Morgan fingerprint density at radius 2 is 1.45 bits per heavy atom. The van der Waals surface area contributed by atoms with Gasteiger partial charge in [0.25, 0.3) is 5.91 Å². The average Bonchev–Trinajstić information content (AvgIpc) is 2.59. The molecule has 0 aliphatic heterocycles. The van der Waals surface area contributed by atoms with Crippen molar-refractivity contribution in [2.24, 2.45) is 5.92 Å². The van der Waals surface area contributed by atoms with Gasteiger partial charge in [-0.15, -0.1) is 0 Å². The second-order valence-corrected chi connectivity index (χ2v) is 6.80. The lowest BCUT2D eigenvalue weighted by Crippen LogP contribution is -2.52. The van der Waals surface area contributed by atoms with Crippen molar-refractivity contribution in [3.05, 3.63) is 34.9 Å². The number of carbonyl (C=O) groups is 2. The second-order valence-electron chi connectivity index (χ2n) is 6.80. The van der Waals surface area contributed by atoms with Crippen molar-refractivity contribution in [1.29, 1.82) is 5.26 Å². The van der Waals surface area contributed by atoms with Crippen LogP contribution in [0.3, 0.4) is 0 Å². The predicted octanol–water partition coefficient (Wildman–Crippen LogP) is 4.32. The van der Waals surface area contributed by atoms with Crippen LogP contribution < -0.4 is 5.32 Å². The van der Waals surface area contributed by atoms with Gasteiger partial charge in [-0.2, -0.15) is 31.6 Å². The zero-order valence-corrected chi connectivity index (χ0v) is 15.8. The summed E-state index contributed by atoms with van der Waals surface area (Å²) in [6.45, 7) is 5.76. The van der Waals surface area contributed by atoms with Crippen LogP contribution in [0.1, 0.15) is 49.2 Å². The van der Waals surface area contributed by atoms with Crippen LogP contribution in [0.25, 0.3) is 0 Å². The maximum Gasteiger partial charge on any atom is 0.416 e. The van der Waals surface area contributed by atoms with Crippen LogP contribution in [-0.2, 0) is 21.9 Å². The van der Waals surface area contributed by atoms with Gasteiger partial charge in [0.1, 0.15) is 5.54 Å². The minimum absolute atomic E-state index is 0.131. The lowest BCUT2D eigenvalue weighted by molar-refractivity contribution is -0.143. The highest BCUT2D eigenvalue weighted by atomic mass is 19.4. The first-order valence-electron chi connectivity index (χ1n) is 8.25. The predicted molar refractivity (Wildman–Crippen MR) is 88.3 cm³/mol. The van der Waals surface area contributed by atoms with E-state index in [2.05, 4.69) is 5.32 Å². The number of nitrogens with zero attached hydrogens (tertiary/aromatic N) is 1. The Kier molecular flexibility index (Phi) is 6.95. The minimum Gasteiger partial charge on any atom is -0.449 e. The number of alkyl halides is 6. The van der Waals surface area contributed by atoms with Gasteiger partial charge in [-0.1, -0.05) is 13.8 Å². The van der Waals surface area contributed by atoms with E-state index in [9.17, 15) is 41.2 Å². The summed E-state index contributed by atoms with van der Waals surface area (Å²) < 4.78 is 82.0. The van der Waals surface area contributed by atoms with Gasteiger partial charge in [0.2, 0.25) is 0 Å². The molecule has 0 spiro atoms. The Labute approximate surface area is 162 Å². The third kappa shape index (κ3) is 6.10. The van der Waals surface area contributed by atoms with Crippen LogP contribution in [0, 0.1) is 17.2 Å². The minimum atomic E-state index is -5.13. The number of hydrogen-bond donors (Lipinski definition) is 1. The number of nitriles is 1. The average molecular weight is 424 g/mol. The first kappa shape index (κ1) is 24.3. The van der Waals surface area contributed by atoms with E-state index in [0.29, 0.717) is 0 Å². The molecule has 0 aromatic heterocycles. The van der Waals surface area contributed by atoms with Crippen molar-refractivity contribution >= 4 is 11.9 Å². The Balaban J connectivity index is 3.13. The summed E-state index contributed by atoms with van der Waals surface area (Å²) in [5.74, 6) is -2.82. The number of amides is 1. The lowest BCUT2D eigenvalue weighted by Gasteiger charge is -2.28. The normalized spacial score (nSPS) is 15.2. The molecule has 0 heterocycles. The first-order chi connectivity index (χ1) is 13.0. The molecule has 0 aliphatic rings. The highest BCUT2D eigenvalue weighted by Crippen LogP contribution is 2.36. The quantitative estimate of drug-likeness (QED) is 0.564. The summed E-state index contributed by atoms with van der Waals surface area (Å²) in [4.78, 5) is 24.2. The summed E-state index contributed by atoms with van der Waals surface area (Å²) >= 11 is 0. The fourth-order valence-electron chi connectivity index (χ4n) is 2.01. The zero-order valence-electron chi connectivity index (χ0n) is 15.8. The van der Waals surface area contributed by atoms with Crippen molar-refractivity contribution in [1.82, 2.24) is 5.32 Å². The molecule has 1 amide bonds. The second kappa shape index (κ2) is 8.31. The maximum absolute atomic E-state index is 12.9. The molecule has 1 rings (SSSR count). The van der Waals surface area contributed by atoms with E-state index in [4.69, 9.17) is 4.74 Å². The van der Waals surface area contributed by atoms with Crippen molar-refractivity contribution in [2.45, 2.75) is 51.7 Å². The van der Waals surface area contributed by atoms with Gasteiger partial charge in [0.15, 0.2) is 6.10 Å². The topological polar surface area (TPSA) is 79.2 Å². The number of esters is 1. The lowest BCUT2D eigenvalue weighted by atomic mass is 9.90. The van der Waals surface area contributed by atoms with Gasteiger partial charge < -0.3 is 10.1 Å². The summed E-state index contributed by atoms with van der Waals surface area (Å²) in [5.41, 5.74) is -5.71. The van der Waals surface area contributed by atoms with E-state index in [1.54, 1.807) is 13.8 Å². The molecule has 0 saturated carbocycles. The van der Waals surface area contributed by atoms with E-state index in [-0.39, 0.29) is 24.1 Å². The van der Waals surface area contributed by atoms with Crippen molar-refractivity contribution < 1.29 is 40.7 Å². The monoisotopic (exact) mass is 424 g/mol.